The van der Waals surface area contributed by atoms with Gasteiger partial charge in [0.2, 0.25) is 10.0 Å². The van der Waals surface area contributed by atoms with Crippen LogP contribution in [0.25, 0.3) is 0 Å². The van der Waals surface area contributed by atoms with Gasteiger partial charge in [0.05, 0.1) is 18.1 Å². The number of nitrogens with zero attached hydrogens (tertiary/aromatic N) is 2. The average molecular weight is 452 g/mol. The van der Waals surface area contributed by atoms with E-state index in [0.29, 0.717) is 18.8 Å². The molecule has 2 aliphatic heterocycles. The molecule has 3 amide bonds. The van der Waals surface area contributed by atoms with Gasteiger partial charge in [-0.25, -0.2) is 13.2 Å². The Morgan fingerprint density at radius 1 is 1.26 bits per heavy atom. The number of urea groups is 1. The molecule has 0 spiro atoms. The van der Waals surface area contributed by atoms with Gasteiger partial charge in [0.15, 0.2) is 0 Å². The van der Waals surface area contributed by atoms with Crippen LogP contribution in [-0.2, 0) is 35.7 Å². The van der Waals surface area contributed by atoms with Crippen LogP contribution in [0.2, 0.25) is 0 Å². The summed E-state index contributed by atoms with van der Waals surface area (Å²) in [5.74, 6) is -1.07. The molecule has 2 saturated heterocycles. The van der Waals surface area contributed by atoms with E-state index in [2.05, 4.69) is 5.32 Å². The van der Waals surface area contributed by atoms with Crippen molar-refractivity contribution in [2.45, 2.75) is 36.8 Å². The smallest absolute Gasteiger partial charge is 0.326 e. The van der Waals surface area contributed by atoms with Crippen molar-refractivity contribution >= 4 is 27.9 Å². The van der Waals surface area contributed by atoms with E-state index in [0.717, 1.165) is 17.7 Å². The summed E-state index contributed by atoms with van der Waals surface area (Å²) < 4.78 is 37.3. The molecule has 2 heterocycles. The molecule has 4 rings (SSSR count). The van der Waals surface area contributed by atoms with Gasteiger partial charge in [0, 0.05) is 13.1 Å². The Kier molecular flexibility index (Phi) is 5.75. The quantitative estimate of drug-likeness (QED) is 0.472. The predicted octanol–water partition coefficient (Wildman–Crippen LogP) is 0.471. The number of benzene rings is 1. The molecule has 3 fully saturated rings. The van der Waals surface area contributed by atoms with Crippen LogP contribution in [0.4, 0.5) is 4.79 Å². The normalized spacial score (nSPS) is 24.9. The molecule has 11 heteroatoms. The minimum atomic E-state index is -3.66. The lowest BCUT2D eigenvalue weighted by Crippen LogP contribution is -2.46. The number of rotatable bonds is 7. The van der Waals surface area contributed by atoms with Crippen LogP contribution in [0, 0.1) is 5.92 Å². The molecule has 1 saturated carbocycles. The number of morpholine rings is 1. The summed E-state index contributed by atoms with van der Waals surface area (Å²) in [4.78, 5) is 38.0. The number of carbonyl (C=O) groups is 3. The van der Waals surface area contributed by atoms with Crippen molar-refractivity contribution in [2.75, 3.05) is 32.8 Å². The summed E-state index contributed by atoms with van der Waals surface area (Å²) >= 11 is 0. The van der Waals surface area contributed by atoms with Crippen molar-refractivity contribution < 1.29 is 32.3 Å². The highest BCUT2D eigenvalue weighted by atomic mass is 32.2. The largest absolute Gasteiger partial charge is 0.459 e. The highest BCUT2D eigenvalue weighted by molar-refractivity contribution is 7.89. The zero-order valence-electron chi connectivity index (χ0n) is 17.2. The third-order valence-electron chi connectivity index (χ3n) is 5.89. The average Bonchev–Trinajstić information content (AvgIpc) is 3.59. The molecule has 1 aromatic carbocycles. The van der Waals surface area contributed by atoms with E-state index in [4.69, 9.17) is 9.47 Å². The first-order valence-corrected chi connectivity index (χ1v) is 11.6. The third kappa shape index (κ3) is 4.30. The van der Waals surface area contributed by atoms with E-state index in [1.165, 1.54) is 16.4 Å². The molecular weight excluding hydrogens is 426 g/mol. The standard InChI is InChI=1S/C20H25N3O7S/c1-20(15-5-6-15)18(25)23(19(26)21-20)12-17(24)30-13-14-3-2-4-16(11-14)31(27,28)22-7-9-29-10-8-22/h2-4,11,15H,5-10,12-13H2,1H3,(H,21,26). The van der Waals surface area contributed by atoms with E-state index in [-0.39, 0.29) is 30.5 Å². The Morgan fingerprint density at radius 3 is 2.65 bits per heavy atom. The lowest BCUT2D eigenvalue weighted by molar-refractivity contribution is -0.148. The number of nitrogens with one attached hydrogen (secondary N) is 1. The summed E-state index contributed by atoms with van der Waals surface area (Å²) in [5.41, 5.74) is -0.470. The maximum atomic E-state index is 12.8. The number of hydrogen-bond acceptors (Lipinski definition) is 7. The topological polar surface area (TPSA) is 122 Å². The maximum Gasteiger partial charge on any atom is 0.326 e. The second-order valence-electron chi connectivity index (χ2n) is 8.12. The fourth-order valence-corrected chi connectivity index (χ4v) is 5.35. The molecule has 1 N–H and O–H groups in total. The first kappa shape index (κ1) is 21.7. The van der Waals surface area contributed by atoms with Gasteiger partial charge < -0.3 is 14.8 Å². The van der Waals surface area contributed by atoms with Crippen molar-refractivity contribution in [1.29, 1.82) is 0 Å². The number of hydrogen-bond donors (Lipinski definition) is 1. The number of amides is 3. The van der Waals surface area contributed by atoms with Gasteiger partial charge in [-0.3, -0.25) is 14.5 Å². The lowest BCUT2D eigenvalue weighted by Gasteiger charge is -2.26. The molecular formula is C20H25N3O7S. The number of imide groups is 1. The highest BCUT2D eigenvalue weighted by Crippen LogP contribution is 2.42. The second kappa shape index (κ2) is 8.21. The molecule has 1 unspecified atom stereocenters. The van der Waals surface area contributed by atoms with Crippen molar-refractivity contribution in [1.82, 2.24) is 14.5 Å². The Hall–Kier alpha value is -2.50. The Balaban J connectivity index is 1.36. The van der Waals surface area contributed by atoms with Crippen molar-refractivity contribution in [3.05, 3.63) is 29.8 Å². The van der Waals surface area contributed by atoms with E-state index < -0.39 is 40.0 Å². The third-order valence-corrected chi connectivity index (χ3v) is 7.78. The van der Waals surface area contributed by atoms with Crippen LogP contribution in [0.5, 0.6) is 0 Å². The first-order valence-electron chi connectivity index (χ1n) is 10.2. The van der Waals surface area contributed by atoms with E-state index in [1.54, 1.807) is 19.1 Å². The summed E-state index contributed by atoms with van der Waals surface area (Å²) in [7, 11) is -3.66. The molecule has 1 aromatic rings. The summed E-state index contributed by atoms with van der Waals surface area (Å²) in [5, 5.41) is 2.68. The maximum absolute atomic E-state index is 12.8. The summed E-state index contributed by atoms with van der Waals surface area (Å²) in [6, 6.07) is 5.56. The van der Waals surface area contributed by atoms with Crippen LogP contribution in [0.15, 0.2) is 29.2 Å². The molecule has 31 heavy (non-hydrogen) atoms. The monoisotopic (exact) mass is 451 g/mol. The summed E-state index contributed by atoms with van der Waals surface area (Å²) in [6.45, 7) is 2.28. The van der Waals surface area contributed by atoms with Crippen molar-refractivity contribution in [3.8, 4) is 0 Å². The van der Waals surface area contributed by atoms with Crippen LogP contribution in [-0.4, -0.2) is 73.9 Å². The second-order valence-corrected chi connectivity index (χ2v) is 10.1. The van der Waals surface area contributed by atoms with Gasteiger partial charge in [-0.15, -0.1) is 0 Å². The van der Waals surface area contributed by atoms with Gasteiger partial charge in [-0.2, -0.15) is 4.31 Å². The molecule has 3 aliphatic rings. The number of carbonyl (C=O) groups excluding carboxylic acids is 3. The molecule has 1 aliphatic carbocycles. The highest BCUT2D eigenvalue weighted by Gasteiger charge is 2.56. The van der Waals surface area contributed by atoms with Gasteiger partial charge in [0.1, 0.15) is 18.7 Å². The lowest BCUT2D eigenvalue weighted by atomic mass is 9.96. The fourth-order valence-electron chi connectivity index (χ4n) is 3.87. The number of ether oxygens (including phenoxy) is 2. The van der Waals surface area contributed by atoms with Gasteiger partial charge >= 0.3 is 12.0 Å². The minimum Gasteiger partial charge on any atom is -0.459 e. The predicted molar refractivity (Wildman–Crippen MR) is 107 cm³/mol. The Bertz CT molecular complexity index is 1000. The van der Waals surface area contributed by atoms with Crippen molar-refractivity contribution in [3.63, 3.8) is 0 Å². The van der Waals surface area contributed by atoms with E-state index >= 15 is 0 Å². The van der Waals surface area contributed by atoms with E-state index in [1.807, 2.05) is 0 Å². The fraction of sp³-hybridized carbons (Fsp3) is 0.550. The molecule has 10 nitrogen and oxygen atoms in total. The van der Waals surface area contributed by atoms with Crippen LogP contribution < -0.4 is 5.32 Å². The Labute approximate surface area is 180 Å². The van der Waals surface area contributed by atoms with Gasteiger partial charge in [0.25, 0.3) is 5.91 Å². The van der Waals surface area contributed by atoms with Crippen molar-refractivity contribution in [2.24, 2.45) is 5.92 Å². The summed E-state index contributed by atoms with van der Waals surface area (Å²) in [6.07, 6.45) is 1.73. The van der Waals surface area contributed by atoms with Crippen LogP contribution in [0.1, 0.15) is 25.3 Å². The molecule has 0 aromatic heterocycles. The molecule has 0 bridgehead atoms. The first-order chi connectivity index (χ1) is 14.7. The zero-order valence-corrected chi connectivity index (χ0v) is 18.0. The van der Waals surface area contributed by atoms with E-state index in [9.17, 15) is 22.8 Å². The van der Waals surface area contributed by atoms with Gasteiger partial charge in [-0.1, -0.05) is 12.1 Å². The van der Waals surface area contributed by atoms with Gasteiger partial charge in [-0.05, 0) is 43.4 Å². The molecule has 1 atom stereocenters. The minimum absolute atomic E-state index is 0.0983. The SMILES string of the molecule is CC1(C2CC2)NC(=O)N(CC(=O)OCc2cccc(S(=O)(=O)N3CCOCC3)c2)C1=O. The zero-order chi connectivity index (χ0) is 22.2. The van der Waals surface area contributed by atoms with Crippen LogP contribution >= 0.6 is 0 Å². The Morgan fingerprint density at radius 2 is 1.97 bits per heavy atom. The van der Waals surface area contributed by atoms with Crippen LogP contribution in [0.3, 0.4) is 0 Å². The molecule has 0 radical (unpaired) electrons. The molecule has 168 valence electrons. The number of sulfonamides is 1. The number of esters is 1.